The Kier molecular flexibility index (Phi) is 10.5. The lowest BCUT2D eigenvalue weighted by Gasteiger charge is -2.53. The molecule has 252 valence electrons. The zero-order chi connectivity index (χ0) is 34.8. The Labute approximate surface area is 273 Å². The highest BCUT2D eigenvalue weighted by molar-refractivity contribution is 7.14. The molecule has 0 saturated carbocycles. The molecule has 46 heavy (non-hydrogen) atoms. The van der Waals surface area contributed by atoms with Gasteiger partial charge in [-0.1, -0.05) is 41.5 Å². The van der Waals surface area contributed by atoms with Crippen molar-refractivity contribution in [2.45, 2.75) is 86.5 Å². The van der Waals surface area contributed by atoms with Crippen LogP contribution in [0.4, 0.5) is 4.79 Å². The molecule has 2 heterocycles. The summed E-state index contributed by atoms with van der Waals surface area (Å²) in [5.41, 5.74) is -3.63. The number of thiophene rings is 1. The number of fused-ring (bicyclic) bond motifs is 1. The number of carbonyl (C=O) groups excluding carboxylic acids is 5. The summed E-state index contributed by atoms with van der Waals surface area (Å²) in [6, 6.07) is 5.62. The molecule has 0 fully saturated rings. The first-order chi connectivity index (χ1) is 21.1. The number of benzene rings is 1. The third-order valence-corrected chi connectivity index (χ3v) is 8.66. The lowest BCUT2D eigenvalue weighted by molar-refractivity contribution is -0.337. The zero-order valence-corrected chi connectivity index (χ0v) is 28.6. The molecule has 2 amide bonds. The number of carbonyl (C=O) groups is 5. The second-order valence-electron chi connectivity index (χ2n) is 14.2. The molecule has 3 rings (SSSR count). The molecule has 0 aliphatic carbocycles. The van der Waals surface area contributed by atoms with Gasteiger partial charge in [0.2, 0.25) is 0 Å². The Morgan fingerprint density at radius 1 is 0.913 bits per heavy atom. The Morgan fingerprint density at radius 3 is 2.09 bits per heavy atom. The number of carboxylic acids is 2. The number of ether oxygens (including phenoxy) is 3. The van der Waals surface area contributed by atoms with Crippen molar-refractivity contribution in [3.8, 4) is 11.5 Å². The van der Waals surface area contributed by atoms with E-state index in [1.165, 1.54) is 29.5 Å². The maximum absolute atomic E-state index is 13.1. The first-order valence-electron chi connectivity index (χ1n) is 14.8. The Balaban J connectivity index is 1.79. The third kappa shape index (κ3) is 8.17. The van der Waals surface area contributed by atoms with Gasteiger partial charge in [0.1, 0.15) is 12.2 Å². The molecule has 1 aliphatic rings. The van der Waals surface area contributed by atoms with Crippen LogP contribution in [0.15, 0.2) is 24.3 Å². The largest absolute Gasteiger partial charge is 0.546 e. The van der Waals surface area contributed by atoms with E-state index in [0.29, 0.717) is 24.4 Å². The average Bonchev–Trinajstić information content (AvgIpc) is 3.34. The highest BCUT2D eigenvalue weighted by atomic mass is 32.1. The van der Waals surface area contributed by atoms with E-state index in [-0.39, 0.29) is 17.1 Å². The van der Waals surface area contributed by atoms with Crippen molar-refractivity contribution < 1.29 is 48.4 Å². The minimum Gasteiger partial charge on any atom is -0.546 e. The molecule has 0 bridgehead atoms. The SMILES string of the molecule is CC(C)(C)OC(=O)N1CCc2sc(C(=O)NCC(=O)c3ccc(OC(C(=O)[O-])(C(C)(C)C)C(C)(C)C)c(OCC(=O)[O-])c3)cc2C1. The van der Waals surface area contributed by atoms with E-state index in [2.05, 4.69) is 5.32 Å². The van der Waals surface area contributed by atoms with Gasteiger partial charge in [-0.2, -0.15) is 0 Å². The molecule has 0 saturated heterocycles. The Bertz CT molecular complexity index is 1490. The lowest BCUT2D eigenvalue weighted by atomic mass is 9.62. The summed E-state index contributed by atoms with van der Waals surface area (Å²) in [4.78, 5) is 65.3. The minimum absolute atomic E-state index is 0.0602. The van der Waals surface area contributed by atoms with E-state index in [9.17, 15) is 34.2 Å². The molecule has 13 heteroatoms. The van der Waals surface area contributed by atoms with Gasteiger partial charge in [-0.15, -0.1) is 11.3 Å². The fourth-order valence-corrected chi connectivity index (χ4v) is 6.62. The number of ketones is 1. The molecule has 0 unspecified atom stereocenters. The van der Waals surface area contributed by atoms with Crippen molar-refractivity contribution in [2.24, 2.45) is 10.8 Å². The normalized spacial score (nSPS) is 13.8. The van der Waals surface area contributed by atoms with Crippen LogP contribution in [-0.4, -0.2) is 65.5 Å². The van der Waals surface area contributed by atoms with E-state index in [0.717, 1.165) is 10.4 Å². The quantitative estimate of drug-likeness (QED) is 0.374. The van der Waals surface area contributed by atoms with Gasteiger partial charge in [0, 0.05) is 27.8 Å². The first-order valence-corrected chi connectivity index (χ1v) is 15.7. The molecule has 1 aromatic carbocycles. The Morgan fingerprint density at radius 2 is 1.54 bits per heavy atom. The summed E-state index contributed by atoms with van der Waals surface area (Å²) >= 11 is 1.29. The van der Waals surface area contributed by atoms with Crippen LogP contribution in [0.5, 0.6) is 11.5 Å². The van der Waals surface area contributed by atoms with Crippen molar-refractivity contribution in [1.29, 1.82) is 0 Å². The van der Waals surface area contributed by atoms with E-state index in [1.54, 1.807) is 73.3 Å². The topological polar surface area (TPSA) is 174 Å². The highest BCUT2D eigenvalue weighted by Crippen LogP contribution is 2.48. The van der Waals surface area contributed by atoms with Gasteiger partial charge in [0.05, 0.1) is 29.9 Å². The molecular formula is C33H42N2O10S-2. The minimum atomic E-state index is -1.90. The van der Waals surface area contributed by atoms with Gasteiger partial charge in [-0.05, 0) is 57.0 Å². The van der Waals surface area contributed by atoms with Crippen molar-refractivity contribution in [1.82, 2.24) is 10.2 Å². The fourth-order valence-electron chi connectivity index (χ4n) is 5.54. The number of nitrogens with one attached hydrogen (secondary N) is 1. The molecule has 0 spiro atoms. The highest BCUT2D eigenvalue weighted by Gasteiger charge is 2.55. The van der Waals surface area contributed by atoms with Gasteiger partial charge in [-0.25, -0.2) is 4.79 Å². The molecular weight excluding hydrogens is 616 g/mol. The summed E-state index contributed by atoms with van der Waals surface area (Å²) in [5, 5.41) is 26.4. The summed E-state index contributed by atoms with van der Waals surface area (Å²) in [7, 11) is 0. The predicted octanol–water partition coefficient (Wildman–Crippen LogP) is 2.74. The van der Waals surface area contributed by atoms with Crippen LogP contribution in [0, 0.1) is 10.8 Å². The molecule has 0 radical (unpaired) electrons. The number of nitrogens with zero attached hydrogens (tertiary/aromatic N) is 1. The van der Waals surface area contributed by atoms with Crippen LogP contribution in [0.2, 0.25) is 0 Å². The molecule has 1 aliphatic heterocycles. The van der Waals surface area contributed by atoms with Crippen LogP contribution in [0.25, 0.3) is 0 Å². The number of rotatable bonds is 10. The maximum Gasteiger partial charge on any atom is 0.410 e. The second-order valence-corrected chi connectivity index (χ2v) is 15.3. The number of hydrogen-bond donors (Lipinski definition) is 1. The van der Waals surface area contributed by atoms with E-state index >= 15 is 0 Å². The van der Waals surface area contributed by atoms with Crippen molar-refractivity contribution in [2.75, 3.05) is 19.7 Å². The van der Waals surface area contributed by atoms with E-state index in [4.69, 9.17) is 14.2 Å². The molecule has 1 N–H and O–H groups in total. The van der Waals surface area contributed by atoms with Gasteiger partial charge in [0.25, 0.3) is 5.91 Å². The monoisotopic (exact) mass is 658 g/mol. The van der Waals surface area contributed by atoms with Crippen molar-refractivity contribution in [3.05, 3.63) is 45.1 Å². The average molecular weight is 659 g/mol. The van der Waals surface area contributed by atoms with Crippen LogP contribution in [0.1, 0.15) is 92.8 Å². The number of aliphatic carboxylic acids is 2. The van der Waals surface area contributed by atoms with Crippen LogP contribution >= 0.6 is 11.3 Å². The molecule has 0 atom stereocenters. The standard InChI is InChI=1S/C33H44N2O10S/c1-30(2,3)33(28(40)41,31(4,5)6)44-22-11-10-19(14-23(22)43-18-26(37)38)21(36)16-34-27(39)25-15-20-17-35(13-12-24(20)46-25)29(42)45-32(7,8)9/h10-11,14-15H,12-13,16-18H2,1-9H3,(H,34,39)(H,37,38)(H,40,41)/p-2. The van der Waals surface area contributed by atoms with Gasteiger partial charge >= 0.3 is 6.09 Å². The van der Waals surface area contributed by atoms with Crippen LogP contribution < -0.4 is 25.0 Å². The summed E-state index contributed by atoms with van der Waals surface area (Å²) < 4.78 is 16.9. The van der Waals surface area contributed by atoms with E-state index in [1.807, 2.05) is 0 Å². The van der Waals surface area contributed by atoms with Gasteiger partial charge in [-0.3, -0.25) is 9.59 Å². The smallest absolute Gasteiger partial charge is 0.410 e. The number of Topliss-reactive ketones (excluding diaryl/α,β-unsaturated/α-hetero) is 1. The third-order valence-electron chi connectivity index (χ3n) is 7.43. The number of amides is 2. The number of hydrogen-bond acceptors (Lipinski definition) is 11. The molecule has 1 aromatic heterocycles. The lowest BCUT2D eigenvalue weighted by Crippen LogP contribution is -2.67. The van der Waals surface area contributed by atoms with Crippen LogP contribution in [-0.2, 0) is 27.3 Å². The molecule has 2 aromatic rings. The van der Waals surface area contributed by atoms with Crippen molar-refractivity contribution >= 4 is 41.1 Å². The summed E-state index contributed by atoms with van der Waals surface area (Å²) in [6.45, 7) is 14.9. The van der Waals surface area contributed by atoms with E-state index < -0.39 is 64.9 Å². The zero-order valence-electron chi connectivity index (χ0n) is 27.8. The van der Waals surface area contributed by atoms with Gasteiger partial charge < -0.3 is 44.2 Å². The predicted molar refractivity (Wildman–Crippen MR) is 166 cm³/mol. The van der Waals surface area contributed by atoms with Crippen molar-refractivity contribution in [3.63, 3.8) is 0 Å². The van der Waals surface area contributed by atoms with Gasteiger partial charge in [0.15, 0.2) is 22.9 Å². The second kappa shape index (κ2) is 13.3. The van der Waals surface area contributed by atoms with Crippen LogP contribution in [0.3, 0.4) is 0 Å². The summed E-state index contributed by atoms with van der Waals surface area (Å²) in [5.74, 6) is -4.32. The fraction of sp³-hybridized carbons (Fsp3) is 0.545. The maximum atomic E-state index is 13.1. The molecule has 12 nitrogen and oxygen atoms in total. The summed E-state index contributed by atoms with van der Waals surface area (Å²) in [6.07, 6.45) is 0.139. The number of carboxylic acid groups (broad SMARTS) is 2. The Hall–Kier alpha value is -4.13. The first kappa shape index (κ1) is 36.3.